The number of para-hydroxylation sites is 1. The monoisotopic (exact) mass is 196 g/mol. The first-order valence-electron chi connectivity index (χ1n) is 3.82. The van der Waals surface area contributed by atoms with Crippen molar-refractivity contribution >= 4 is 23.0 Å². The molecule has 0 bridgehead atoms. The van der Waals surface area contributed by atoms with Gasteiger partial charge in [0, 0.05) is 0 Å². The molecule has 13 heavy (non-hydrogen) atoms. The molecule has 70 valence electrons. The molecule has 0 atom stereocenters. The number of rotatable bonds is 2. The van der Waals surface area contributed by atoms with E-state index in [0.29, 0.717) is 5.11 Å². The molecule has 0 radical (unpaired) electrons. The molecule has 0 aromatic heterocycles. The van der Waals surface area contributed by atoms with Crippen molar-refractivity contribution in [3.63, 3.8) is 0 Å². The minimum Gasteiger partial charge on any atom is -0.300 e. The highest BCUT2D eigenvalue weighted by molar-refractivity contribution is 7.80. The van der Waals surface area contributed by atoms with Gasteiger partial charge in [0.1, 0.15) is 0 Å². The van der Waals surface area contributed by atoms with E-state index < -0.39 is 0 Å². The Morgan fingerprint density at radius 1 is 1.38 bits per heavy atom. The van der Waals surface area contributed by atoms with E-state index in [1.165, 1.54) is 0 Å². The summed E-state index contributed by atoms with van der Waals surface area (Å²) in [5.74, 6) is 5.08. The highest BCUT2D eigenvalue weighted by Crippen LogP contribution is 2.11. The lowest BCUT2D eigenvalue weighted by atomic mass is 10.2. The van der Waals surface area contributed by atoms with Crippen LogP contribution in [0.25, 0.3) is 0 Å². The molecule has 5 heteroatoms. The van der Waals surface area contributed by atoms with E-state index in [1.54, 1.807) is 0 Å². The highest BCUT2D eigenvalue weighted by Gasteiger charge is 1.95. The summed E-state index contributed by atoms with van der Waals surface area (Å²) in [6.45, 7) is 2.00. The van der Waals surface area contributed by atoms with Gasteiger partial charge >= 0.3 is 0 Å². The zero-order valence-electron chi connectivity index (χ0n) is 7.29. The van der Waals surface area contributed by atoms with Gasteiger partial charge in [0.05, 0.1) is 5.69 Å². The topological polar surface area (TPSA) is 62.1 Å². The number of hydrogen-bond acceptors (Lipinski definition) is 3. The first kappa shape index (κ1) is 9.76. The van der Waals surface area contributed by atoms with Gasteiger partial charge in [0.15, 0.2) is 5.11 Å². The standard InChI is InChI=1S/C8H12N4S/c1-6-4-2-3-5-7(6)11-12-8(13)10-9/h2-5,11H,9H2,1H3,(H2,10,12,13). The maximum atomic E-state index is 5.08. The Balaban J connectivity index is 2.54. The third kappa shape index (κ3) is 2.89. The number of hydrogen-bond donors (Lipinski definition) is 4. The first-order valence-corrected chi connectivity index (χ1v) is 4.23. The van der Waals surface area contributed by atoms with Crippen LogP contribution in [-0.2, 0) is 0 Å². The minimum atomic E-state index is 0.350. The molecule has 0 heterocycles. The largest absolute Gasteiger partial charge is 0.300 e. The summed E-state index contributed by atoms with van der Waals surface area (Å²) in [5.41, 5.74) is 10.1. The Morgan fingerprint density at radius 2 is 2.08 bits per heavy atom. The van der Waals surface area contributed by atoms with Gasteiger partial charge in [-0.25, -0.2) is 5.84 Å². The predicted octanol–water partition coefficient (Wildman–Crippen LogP) is 0.660. The first-order chi connectivity index (χ1) is 6.24. The number of thiocarbonyl (C=S) groups is 1. The highest BCUT2D eigenvalue weighted by atomic mass is 32.1. The number of aryl methyl sites for hydroxylation is 1. The van der Waals surface area contributed by atoms with E-state index >= 15 is 0 Å². The van der Waals surface area contributed by atoms with Crippen molar-refractivity contribution in [3.8, 4) is 0 Å². The van der Waals surface area contributed by atoms with Crippen molar-refractivity contribution in [1.29, 1.82) is 0 Å². The van der Waals surface area contributed by atoms with Crippen molar-refractivity contribution in [2.75, 3.05) is 5.43 Å². The molecule has 0 unspecified atom stereocenters. The van der Waals surface area contributed by atoms with Crippen LogP contribution in [0.5, 0.6) is 0 Å². The van der Waals surface area contributed by atoms with Crippen molar-refractivity contribution in [2.45, 2.75) is 6.92 Å². The molecule has 0 saturated heterocycles. The van der Waals surface area contributed by atoms with Gasteiger partial charge in [0.2, 0.25) is 0 Å². The molecule has 5 N–H and O–H groups in total. The van der Waals surface area contributed by atoms with Crippen LogP contribution in [0, 0.1) is 6.92 Å². The number of nitrogens with two attached hydrogens (primary N) is 1. The van der Waals surface area contributed by atoms with E-state index in [1.807, 2.05) is 31.2 Å². The van der Waals surface area contributed by atoms with Gasteiger partial charge < -0.3 is 0 Å². The lowest BCUT2D eigenvalue weighted by Crippen LogP contribution is -2.42. The Morgan fingerprint density at radius 3 is 2.69 bits per heavy atom. The molecule has 1 rings (SSSR count). The summed E-state index contributed by atoms with van der Waals surface area (Å²) in [6.07, 6.45) is 0. The average molecular weight is 196 g/mol. The molecule has 0 saturated carbocycles. The summed E-state index contributed by atoms with van der Waals surface area (Å²) in [7, 11) is 0. The normalized spacial score (nSPS) is 9.08. The molecular formula is C8H12N4S. The molecule has 0 aliphatic carbocycles. The van der Waals surface area contributed by atoms with Crippen molar-refractivity contribution in [3.05, 3.63) is 29.8 Å². The van der Waals surface area contributed by atoms with Gasteiger partial charge in [-0.3, -0.25) is 16.3 Å². The van der Waals surface area contributed by atoms with Crippen molar-refractivity contribution in [1.82, 2.24) is 10.9 Å². The van der Waals surface area contributed by atoms with Gasteiger partial charge in [-0.15, -0.1) is 0 Å². The number of hydrazine groups is 2. The minimum absolute atomic E-state index is 0.350. The van der Waals surface area contributed by atoms with Crippen molar-refractivity contribution < 1.29 is 0 Å². The second-order valence-electron chi connectivity index (χ2n) is 2.54. The second kappa shape index (κ2) is 4.64. The summed E-state index contributed by atoms with van der Waals surface area (Å²) < 4.78 is 0. The van der Waals surface area contributed by atoms with E-state index in [4.69, 9.17) is 18.1 Å². The molecule has 0 spiro atoms. The number of nitrogens with one attached hydrogen (secondary N) is 3. The quantitative estimate of drug-likeness (QED) is 0.318. The van der Waals surface area contributed by atoms with E-state index in [-0.39, 0.29) is 0 Å². The Hall–Kier alpha value is -1.33. The Kier molecular flexibility index (Phi) is 3.48. The molecule has 1 aromatic carbocycles. The second-order valence-corrected chi connectivity index (χ2v) is 2.95. The summed E-state index contributed by atoms with van der Waals surface area (Å²) in [6, 6.07) is 7.86. The van der Waals surface area contributed by atoms with E-state index in [2.05, 4.69) is 16.3 Å². The number of benzene rings is 1. The van der Waals surface area contributed by atoms with Crippen molar-refractivity contribution in [2.24, 2.45) is 5.84 Å². The smallest absolute Gasteiger partial charge is 0.199 e. The Bertz CT molecular complexity index is 300. The molecule has 1 aromatic rings. The van der Waals surface area contributed by atoms with Crippen LogP contribution < -0.4 is 22.1 Å². The van der Waals surface area contributed by atoms with Gasteiger partial charge in [-0.2, -0.15) is 0 Å². The maximum Gasteiger partial charge on any atom is 0.199 e. The van der Waals surface area contributed by atoms with Crippen LogP contribution in [0.1, 0.15) is 5.56 Å². The fourth-order valence-electron chi connectivity index (χ4n) is 0.873. The summed E-state index contributed by atoms with van der Waals surface area (Å²) in [4.78, 5) is 0. The maximum absolute atomic E-state index is 5.08. The van der Waals surface area contributed by atoms with Gasteiger partial charge in [-0.05, 0) is 30.8 Å². The predicted molar refractivity (Wildman–Crippen MR) is 57.9 cm³/mol. The fraction of sp³-hybridized carbons (Fsp3) is 0.125. The van der Waals surface area contributed by atoms with Crippen LogP contribution in [0.2, 0.25) is 0 Å². The molecule has 4 nitrogen and oxygen atoms in total. The van der Waals surface area contributed by atoms with Crippen LogP contribution >= 0.6 is 12.2 Å². The van der Waals surface area contributed by atoms with Gasteiger partial charge in [-0.1, -0.05) is 18.2 Å². The molecular weight excluding hydrogens is 184 g/mol. The summed E-state index contributed by atoms with van der Waals surface area (Å²) in [5, 5.41) is 0.350. The van der Waals surface area contributed by atoms with Crippen LogP contribution in [0.3, 0.4) is 0 Å². The lowest BCUT2D eigenvalue weighted by molar-refractivity contribution is 0.963. The molecule has 0 aliphatic rings. The fourth-order valence-corrected chi connectivity index (χ4v) is 0.924. The zero-order valence-corrected chi connectivity index (χ0v) is 8.11. The molecule has 0 aliphatic heterocycles. The van der Waals surface area contributed by atoms with Crippen LogP contribution in [0.15, 0.2) is 24.3 Å². The van der Waals surface area contributed by atoms with Crippen LogP contribution in [-0.4, -0.2) is 5.11 Å². The average Bonchev–Trinajstić information content (AvgIpc) is 2.16. The third-order valence-electron chi connectivity index (χ3n) is 1.59. The zero-order chi connectivity index (χ0) is 9.68. The molecule has 0 amide bonds. The summed E-state index contributed by atoms with van der Waals surface area (Å²) >= 11 is 4.79. The van der Waals surface area contributed by atoms with Crippen LogP contribution in [0.4, 0.5) is 5.69 Å². The lowest BCUT2D eigenvalue weighted by Gasteiger charge is -2.11. The SMILES string of the molecule is Cc1ccccc1NNC(=S)NN. The van der Waals surface area contributed by atoms with E-state index in [9.17, 15) is 0 Å². The third-order valence-corrected chi connectivity index (χ3v) is 1.81. The van der Waals surface area contributed by atoms with E-state index in [0.717, 1.165) is 11.3 Å². The Labute approximate surface area is 82.4 Å². The molecule has 0 fully saturated rings. The number of anilines is 1. The van der Waals surface area contributed by atoms with Gasteiger partial charge in [0.25, 0.3) is 0 Å².